The number of aliphatic hydroxyl groups is 7. The molecule has 5 atom stereocenters. The van der Waals surface area contributed by atoms with E-state index < -0.39 is 94.9 Å². The fourth-order valence-corrected chi connectivity index (χ4v) is 7.29. The van der Waals surface area contributed by atoms with Crippen LogP contribution in [0.1, 0.15) is 70.6 Å². The summed E-state index contributed by atoms with van der Waals surface area (Å²) in [4.78, 5) is 130. The number of carboxylic acids is 3. The maximum Gasteiger partial charge on any atom is 0.349 e. The Bertz CT molecular complexity index is 3710. The molecule has 34 heteroatoms. The van der Waals surface area contributed by atoms with Gasteiger partial charge in [0.2, 0.25) is 17.8 Å². The molecule has 2 aliphatic heterocycles. The number of anilines is 2. The molecular formula is C56H75N15O19. The summed E-state index contributed by atoms with van der Waals surface area (Å²) in [6.07, 6.45) is -2.48. The highest BCUT2D eigenvalue weighted by Gasteiger charge is 2.33. The lowest BCUT2D eigenvalue weighted by atomic mass is 9.87. The number of nitrogen functional groups attached to an aromatic ring is 1. The molecule has 0 aliphatic carbocycles. The Morgan fingerprint density at radius 3 is 2.02 bits per heavy atom. The molecule has 5 aromatic rings. The van der Waals surface area contributed by atoms with Gasteiger partial charge < -0.3 is 97.3 Å². The Balaban J connectivity index is 0.000000326. The van der Waals surface area contributed by atoms with Crippen LogP contribution in [0.25, 0.3) is 33.7 Å². The number of benzene rings is 2. The van der Waals surface area contributed by atoms with Crippen molar-refractivity contribution in [3.63, 3.8) is 0 Å². The number of aromatic amines is 2. The number of carbonyl (C=O) groups excluding carboxylic acids is 4. The van der Waals surface area contributed by atoms with Crippen LogP contribution in [-0.2, 0) is 32.3 Å². The lowest BCUT2D eigenvalue weighted by Gasteiger charge is -2.27. The maximum absolute atomic E-state index is 12.3. The van der Waals surface area contributed by atoms with E-state index in [1.807, 2.05) is 13.8 Å². The van der Waals surface area contributed by atoms with Crippen molar-refractivity contribution in [3.05, 3.63) is 126 Å². The SMILES string of the molecule is CC(C)(CO)[C@@H](O)C(=O)NCCC(=O)[O-].C[N+](C)(C)CCO.Cc1cc2nc3c(=O)[nH]c(=O)nc-3n(C[C@H](O)[C@H](O)[C@H](O)CO)c2cc1C.NC(=O)c1cccnc1.Nc1nc(=O)c2nc(CNc3ccc(C(=O)N[C@@H](CCC(=O)O)C(=O)O)cc3)cnc2[nH]1. The summed E-state index contributed by atoms with van der Waals surface area (Å²) in [6.45, 7) is 6.68. The number of carbonyl (C=O) groups is 6. The maximum atomic E-state index is 12.3. The third-order valence-corrected chi connectivity index (χ3v) is 12.7. The van der Waals surface area contributed by atoms with E-state index in [0.29, 0.717) is 28.0 Å². The Morgan fingerprint density at radius 2 is 1.49 bits per heavy atom. The molecular weight excluding hydrogens is 1190 g/mol. The number of primary amides is 1. The molecule has 2 aromatic carbocycles. The molecule has 18 N–H and O–H groups in total. The number of hydrogen-bond acceptors (Lipinski definition) is 25. The number of nitrogens with two attached hydrogens (primary N) is 2. The number of aromatic nitrogens is 9. The van der Waals surface area contributed by atoms with Crippen molar-refractivity contribution in [2.75, 3.05) is 65.1 Å². The minimum Gasteiger partial charge on any atom is -0.550 e. The van der Waals surface area contributed by atoms with E-state index in [0.717, 1.165) is 22.2 Å². The second-order valence-electron chi connectivity index (χ2n) is 21.5. The topological polar surface area (TPSA) is 561 Å². The minimum absolute atomic E-state index is 0.0516. The Morgan fingerprint density at radius 1 is 0.833 bits per heavy atom. The molecule has 0 unspecified atom stereocenters. The van der Waals surface area contributed by atoms with Gasteiger partial charge in [0.25, 0.3) is 11.5 Å². The van der Waals surface area contributed by atoms with Crippen LogP contribution in [0, 0.1) is 19.3 Å². The van der Waals surface area contributed by atoms with Crippen LogP contribution in [0.2, 0.25) is 0 Å². The smallest absolute Gasteiger partial charge is 0.349 e. The molecule has 0 spiro atoms. The van der Waals surface area contributed by atoms with Crippen LogP contribution in [0.3, 0.4) is 0 Å². The Hall–Kier alpha value is -9.81. The number of H-pyrrole nitrogens is 2. The summed E-state index contributed by atoms with van der Waals surface area (Å²) < 4.78 is 2.25. The third-order valence-electron chi connectivity index (χ3n) is 12.7. The second-order valence-corrected chi connectivity index (χ2v) is 21.5. The van der Waals surface area contributed by atoms with E-state index in [2.05, 4.69) is 77.0 Å². The van der Waals surface area contributed by atoms with Crippen molar-refractivity contribution in [1.29, 1.82) is 0 Å². The van der Waals surface area contributed by atoms with Crippen molar-refractivity contribution in [2.45, 2.75) is 90.5 Å². The van der Waals surface area contributed by atoms with Crippen molar-refractivity contribution < 1.29 is 84.3 Å². The first-order chi connectivity index (χ1) is 42.1. The summed E-state index contributed by atoms with van der Waals surface area (Å²) in [5.74, 6) is -5.62. The Kier molecular flexibility index (Phi) is 28.7. The molecule has 7 rings (SSSR count). The third kappa shape index (κ3) is 23.7. The number of quaternary nitrogens is 1. The molecule has 0 radical (unpaired) electrons. The largest absolute Gasteiger partial charge is 0.550 e. The van der Waals surface area contributed by atoms with E-state index in [1.165, 1.54) is 42.9 Å². The number of likely N-dealkylation sites (N-methyl/N-ethyl adjacent to an activating group) is 1. The number of hydrogen-bond donors (Lipinski definition) is 16. The van der Waals surface area contributed by atoms with Crippen LogP contribution in [-0.4, -0.2) is 215 Å². The van der Waals surface area contributed by atoms with E-state index in [4.69, 9.17) is 37.0 Å². The highest BCUT2D eigenvalue weighted by atomic mass is 16.4. The van der Waals surface area contributed by atoms with Crippen LogP contribution < -0.4 is 49.3 Å². The van der Waals surface area contributed by atoms with E-state index in [1.54, 1.807) is 42.6 Å². The summed E-state index contributed by atoms with van der Waals surface area (Å²) in [5.41, 5.74) is 12.0. The molecule has 5 heterocycles. The number of amides is 3. The molecule has 0 saturated heterocycles. The van der Waals surface area contributed by atoms with Gasteiger partial charge in [-0.2, -0.15) is 9.97 Å². The van der Waals surface area contributed by atoms with Gasteiger partial charge in [-0.25, -0.2) is 24.5 Å². The normalized spacial score (nSPS) is 12.7. The van der Waals surface area contributed by atoms with Gasteiger partial charge in [0.05, 0.1) is 82.5 Å². The van der Waals surface area contributed by atoms with Crippen molar-refractivity contribution in [1.82, 2.24) is 55.1 Å². The van der Waals surface area contributed by atoms with Gasteiger partial charge in [-0.15, -0.1) is 0 Å². The first-order valence-corrected chi connectivity index (χ1v) is 27.2. The van der Waals surface area contributed by atoms with Crippen LogP contribution in [0.4, 0.5) is 11.6 Å². The van der Waals surface area contributed by atoms with Gasteiger partial charge in [0, 0.05) is 54.4 Å². The molecule has 34 nitrogen and oxygen atoms in total. The molecule has 0 bridgehead atoms. The zero-order valence-corrected chi connectivity index (χ0v) is 50.1. The molecule has 488 valence electrons. The summed E-state index contributed by atoms with van der Waals surface area (Å²) in [5, 5.41) is 101. The van der Waals surface area contributed by atoms with Gasteiger partial charge in [-0.05, 0) is 79.9 Å². The number of pyridine rings is 1. The summed E-state index contributed by atoms with van der Waals surface area (Å²) in [6, 6.07) is 11.7. The monoisotopic (exact) mass is 1260 g/mol. The van der Waals surface area contributed by atoms with Gasteiger partial charge >= 0.3 is 23.2 Å². The molecule has 0 saturated carbocycles. The average Bonchev–Trinajstić information content (AvgIpc) is 0.815. The summed E-state index contributed by atoms with van der Waals surface area (Å²) in [7, 11) is 6.16. The molecule has 2 aliphatic rings. The molecule has 3 aromatic heterocycles. The van der Waals surface area contributed by atoms with Crippen molar-refractivity contribution in [2.24, 2.45) is 11.1 Å². The lowest BCUT2D eigenvalue weighted by molar-refractivity contribution is -0.870. The van der Waals surface area contributed by atoms with Crippen LogP contribution in [0.15, 0.2) is 81.5 Å². The second kappa shape index (κ2) is 34.7. The van der Waals surface area contributed by atoms with E-state index in [9.17, 15) is 68.7 Å². The average molecular weight is 1260 g/mol. The fraction of sp³-hybridized carbons (Fsp3) is 0.411. The number of rotatable bonds is 23. The Labute approximate surface area is 511 Å². The minimum atomic E-state index is -1.64. The van der Waals surface area contributed by atoms with Crippen LogP contribution in [0.5, 0.6) is 0 Å². The number of aliphatic hydroxyl groups excluding tert-OH is 7. The standard InChI is InChI=1S/C19H19N7O6.C17H20N4O6.C9H17NO5.C6H6N2O.C5H14NO/c20-19-25-15-14(17(30)26-19)23-11(8-22-15)7-21-10-3-1-9(2-4-10)16(29)24-12(18(31)32)5-6-13(27)28;1-7-3-9-10(4-8(7)2)21(5-11(23)14(25)12(24)6-22)15-13(18-9)16(26)20-17(27)19-15;1-9(2,5-11)7(14)8(15)10-4-3-6(12)13;7-6(9)5-2-1-3-8-4-5;1-6(2,3)4-5-7/h1-4,8,12,21H,5-7H2,(H,24,29)(H,27,28)(H,31,32)(H3,20,22,25,26,30);3-4,11-12,14,22-25H,5-6H2,1-2H3,(H,20,26,27);7,11,14H,3-5H2,1-2H3,(H,10,15)(H,12,13);1-4H,(H2,7,9);7H,4-5H2,1-3H3/q;;;;+1/p-1/t12-;11-,12+,14-;7-;;/m000../s1. The fourth-order valence-electron chi connectivity index (χ4n) is 7.29. The molecule has 3 amide bonds. The number of aliphatic carboxylic acids is 3. The lowest BCUT2D eigenvalue weighted by Crippen LogP contribution is -2.46. The van der Waals surface area contributed by atoms with Crippen molar-refractivity contribution in [3.8, 4) is 11.5 Å². The number of nitrogens with one attached hydrogen (secondary N) is 5. The highest BCUT2D eigenvalue weighted by molar-refractivity contribution is 5.97. The van der Waals surface area contributed by atoms with E-state index in [-0.39, 0.29) is 86.3 Å². The van der Waals surface area contributed by atoms with Gasteiger partial charge in [-0.3, -0.25) is 38.7 Å². The quantitative estimate of drug-likeness (QED) is 0.0213. The van der Waals surface area contributed by atoms with Crippen molar-refractivity contribution >= 4 is 69.5 Å². The number of fused-ring (bicyclic) bond motifs is 3. The zero-order valence-electron chi connectivity index (χ0n) is 50.1. The zero-order chi connectivity index (χ0) is 67.8. The van der Waals surface area contributed by atoms with Crippen LogP contribution >= 0.6 is 0 Å². The predicted molar refractivity (Wildman–Crippen MR) is 320 cm³/mol. The molecule has 90 heavy (non-hydrogen) atoms. The number of aryl methyl sites for hydroxylation is 2. The number of nitrogens with zero attached hydrogens (tertiary/aromatic N) is 8. The summed E-state index contributed by atoms with van der Waals surface area (Å²) >= 11 is 0. The molecule has 0 fully saturated rings. The van der Waals surface area contributed by atoms with Gasteiger partial charge in [0.15, 0.2) is 22.7 Å². The highest BCUT2D eigenvalue weighted by Crippen LogP contribution is 2.25. The first kappa shape index (κ1) is 74.4. The van der Waals surface area contributed by atoms with E-state index >= 15 is 0 Å². The van der Waals surface area contributed by atoms with Gasteiger partial charge in [0.1, 0.15) is 37.0 Å². The number of carboxylic acid groups (broad SMARTS) is 3. The predicted octanol–water partition coefficient (Wildman–Crippen LogP) is -4.28. The van der Waals surface area contributed by atoms with Gasteiger partial charge in [-0.1, -0.05) is 13.8 Å². The first-order valence-electron chi connectivity index (χ1n) is 27.2.